The molecule has 0 saturated carbocycles. The molecule has 0 N–H and O–H groups in total. The smallest absolute Gasteiger partial charge is 0.363 e. The van der Waals surface area contributed by atoms with E-state index in [9.17, 15) is 28.1 Å². The predicted molar refractivity (Wildman–Crippen MR) is 102 cm³/mol. The first-order valence-electron chi connectivity index (χ1n) is 9.76. The van der Waals surface area contributed by atoms with Gasteiger partial charge in [-0.05, 0) is 30.9 Å². The van der Waals surface area contributed by atoms with Crippen molar-refractivity contribution in [2.24, 2.45) is 5.92 Å². The zero-order valence-corrected chi connectivity index (χ0v) is 16.3. The average molecular weight is 414 g/mol. The number of amides is 1. The summed E-state index contributed by atoms with van der Waals surface area (Å²) in [6, 6.07) is 2.62. The van der Waals surface area contributed by atoms with Gasteiger partial charge in [0.05, 0.1) is 17.0 Å². The number of hydrogen-bond acceptors (Lipinski definition) is 5. The first kappa shape index (κ1) is 21.4. The lowest BCUT2D eigenvalue weighted by Crippen LogP contribution is -2.51. The van der Waals surface area contributed by atoms with E-state index in [2.05, 4.69) is 6.92 Å². The number of nitro groups is 1. The quantitative estimate of drug-likeness (QED) is 0.560. The van der Waals surface area contributed by atoms with Crippen LogP contribution in [0.4, 0.5) is 24.5 Å². The van der Waals surface area contributed by atoms with Crippen molar-refractivity contribution in [1.29, 1.82) is 0 Å². The summed E-state index contributed by atoms with van der Waals surface area (Å²) in [5.41, 5.74) is -1.40. The third-order valence-corrected chi connectivity index (χ3v) is 5.58. The number of nitro benzene ring substituents is 1. The number of carbonyl (C=O) groups is 1. The molecular formula is C19H25F3N4O3. The molecule has 1 aromatic carbocycles. The third kappa shape index (κ3) is 5.17. The lowest BCUT2D eigenvalue weighted by Gasteiger charge is -2.37. The van der Waals surface area contributed by atoms with Crippen molar-refractivity contribution in [3.8, 4) is 0 Å². The minimum absolute atomic E-state index is 0.0884. The van der Waals surface area contributed by atoms with E-state index in [0.29, 0.717) is 44.7 Å². The van der Waals surface area contributed by atoms with Crippen LogP contribution in [-0.2, 0) is 11.0 Å². The average Bonchev–Trinajstić information content (AvgIpc) is 2.67. The molecule has 0 aromatic heterocycles. The van der Waals surface area contributed by atoms with E-state index in [1.54, 1.807) is 4.90 Å². The van der Waals surface area contributed by atoms with Gasteiger partial charge in [-0.3, -0.25) is 19.8 Å². The molecule has 2 heterocycles. The molecule has 7 nitrogen and oxygen atoms in total. The highest BCUT2D eigenvalue weighted by molar-refractivity contribution is 5.78. The van der Waals surface area contributed by atoms with Crippen LogP contribution in [0.25, 0.3) is 0 Å². The Morgan fingerprint density at radius 1 is 1.21 bits per heavy atom. The molecule has 0 aliphatic carbocycles. The molecule has 1 atom stereocenters. The number of carbonyl (C=O) groups excluding carboxylic acids is 1. The van der Waals surface area contributed by atoms with Crippen LogP contribution in [-0.4, -0.2) is 66.4 Å². The van der Waals surface area contributed by atoms with Gasteiger partial charge in [0.2, 0.25) is 5.91 Å². The summed E-state index contributed by atoms with van der Waals surface area (Å²) in [5.74, 6) is 0.593. The summed E-state index contributed by atoms with van der Waals surface area (Å²) in [6.45, 7) is 5.86. The number of anilines is 1. The van der Waals surface area contributed by atoms with Gasteiger partial charge in [0.25, 0.3) is 5.69 Å². The Labute approximate surface area is 167 Å². The van der Waals surface area contributed by atoms with Crippen molar-refractivity contribution in [3.05, 3.63) is 33.9 Å². The molecule has 1 amide bonds. The SMILES string of the molecule is C[C@H]1CCCN(C(=O)CN2CCN(c3ccc(C(F)(F)F)cc3[N+](=O)[O-])CC2)C1. The number of benzene rings is 1. The molecule has 3 rings (SSSR count). The third-order valence-electron chi connectivity index (χ3n) is 5.58. The summed E-state index contributed by atoms with van der Waals surface area (Å²) in [4.78, 5) is 28.6. The second-order valence-corrected chi connectivity index (χ2v) is 7.81. The van der Waals surface area contributed by atoms with Gasteiger partial charge in [0, 0.05) is 45.3 Å². The lowest BCUT2D eigenvalue weighted by atomic mass is 10.0. The van der Waals surface area contributed by atoms with Crippen LogP contribution >= 0.6 is 0 Å². The lowest BCUT2D eigenvalue weighted by molar-refractivity contribution is -0.384. The zero-order chi connectivity index (χ0) is 21.2. The van der Waals surface area contributed by atoms with Crippen molar-refractivity contribution >= 4 is 17.3 Å². The molecule has 0 spiro atoms. The van der Waals surface area contributed by atoms with Gasteiger partial charge in [-0.1, -0.05) is 6.92 Å². The number of piperidine rings is 1. The first-order chi connectivity index (χ1) is 13.6. The summed E-state index contributed by atoms with van der Waals surface area (Å²) in [7, 11) is 0. The molecule has 160 valence electrons. The Balaban J connectivity index is 1.62. The molecule has 2 aliphatic rings. The summed E-state index contributed by atoms with van der Waals surface area (Å²) in [5, 5.41) is 11.3. The van der Waals surface area contributed by atoms with E-state index in [0.717, 1.165) is 38.1 Å². The van der Waals surface area contributed by atoms with E-state index < -0.39 is 22.4 Å². The molecule has 29 heavy (non-hydrogen) atoms. The van der Waals surface area contributed by atoms with Gasteiger partial charge in [0.15, 0.2) is 0 Å². The number of rotatable bonds is 4. The summed E-state index contributed by atoms with van der Waals surface area (Å²) >= 11 is 0. The van der Waals surface area contributed by atoms with Gasteiger partial charge in [-0.2, -0.15) is 13.2 Å². The first-order valence-corrected chi connectivity index (χ1v) is 9.76. The summed E-state index contributed by atoms with van der Waals surface area (Å²) < 4.78 is 38.6. The fourth-order valence-electron chi connectivity index (χ4n) is 3.97. The standard InChI is InChI=1S/C19H25F3N4O3/c1-14-3-2-6-25(12-14)18(27)13-23-7-9-24(10-8-23)16-5-4-15(19(20,21)22)11-17(16)26(28)29/h4-5,11,14H,2-3,6-10,12-13H2,1H3/t14-/m0/s1. The monoisotopic (exact) mass is 414 g/mol. The van der Waals surface area contributed by atoms with E-state index >= 15 is 0 Å². The topological polar surface area (TPSA) is 69.9 Å². The van der Waals surface area contributed by atoms with Crippen LogP contribution in [0.15, 0.2) is 18.2 Å². The molecule has 0 unspecified atom stereocenters. The highest BCUT2D eigenvalue weighted by atomic mass is 19.4. The Kier molecular flexibility index (Phi) is 6.30. The van der Waals surface area contributed by atoms with Crippen LogP contribution in [0.3, 0.4) is 0 Å². The van der Waals surface area contributed by atoms with E-state index in [4.69, 9.17) is 0 Å². The van der Waals surface area contributed by atoms with Gasteiger partial charge in [-0.25, -0.2) is 0 Å². The van der Waals surface area contributed by atoms with Gasteiger partial charge in [-0.15, -0.1) is 0 Å². The second-order valence-electron chi connectivity index (χ2n) is 7.81. The second kappa shape index (κ2) is 8.56. The van der Waals surface area contributed by atoms with E-state index in [1.807, 2.05) is 9.80 Å². The van der Waals surface area contributed by atoms with Crippen LogP contribution in [0.5, 0.6) is 0 Å². The molecule has 2 aliphatic heterocycles. The largest absolute Gasteiger partial charge is 0.416 e. The van der Waals surface area contributed by atoms with Crippen LogP contribution < -0.4 is 4.90 Å². The van der Waals surface area contributed by atoms with Crippen molar-refractivity contribution in [1.82, 2.24) is 9.80 Å². The number of likely N-dealkylation sites (tertiary alicyclic amines) is 1. The summed E-state index contributed by atoms with van der Waals surface area (Å²) in [6.07, 6.45) is -2.49. The highest BCUT2D eigenvalue weighted by Crippen LogP contribution is 2.36. The predicted octanol–water partition coefficient (Wildman–Crippen LogP) is 2.99. The maximum atomic E-state index is 12.9. The number of nitrogens with zero attached hydrogens (tertiary/aromatic N) is 4. The minimum atomic E-state index is -4.63. The Hall–Kier alpha value is -2.36. The van der Waals surface area contributed by atoms with Crippen LogP contribution in [0.2, 0.25) is 0 Å². The maximum Gasteiger partial charge on any atom is 0.416 e. The molecule has 2 fully saturated rings. The van der Waals surface area contributed by atoms with Crippen molar-refractivity contribution in [2.75, 3.05) is 50.7 Å². The highest BCUT2D eigenvalue weighted by Gasteiger charge is 2.34. The van der Waals surface area contributed by atoms with Crippen molar-refractivity contribution in [3.63, 3.8) is 0 Å². The van der Waals surface area contributed by atoms with Crippen molar-refractivity contribution < 1.29 is 22.9 Å². The van der Waals surface area contributed by atoms with Crippen molar-refractivity contribution in [2.45, 2.75) is 25.9 Å². The van der Waals surface area contributed by atoms with Crippen LogP contribution in [0.1, 0.15) is 25.3 Å². The number of alkyl halides is 3. The number of halogens is 3. The molecule has 2 saturated heterocycles. The Morgan fingerprint density at radius 3 is 2.48 bits per heavy atom. The molecule has 0 radical (unpaired) electrons. The fraction of sp³-hybridized carbons (Fsp3) is 0.632. The van der Waals surface area contributed by atoms with Gasteiger partial charge in [0.1, 0.15) is 5.69 Å². The minimum Gasteiger partial charge on any atom is -0.363 e. The molecule has 10 heteroatoms. The van der Waals surface area contributed by atoms with E-state index in [-0.39, 0.29) is 11.6 Å². The maximum absolute atomic E-state index is 12.9. The Morgan fingerprint density at radius 2 is 1.90 bits per heavy atom. The van der Waals surface area contributed by atoms with Crippen LogP contribution in [0, 0.1) is 16.0 Å². The van der Waals surface area contributed by atoms with Gasteiger partial charge < -0.3 is 9.80 Å². The number of hydrogen-bond donors (Lipinski definition) is 0. The van der Waals surface area contributed by atoms with E-state index in [1.165, 1.54) is 0 Å². The molecule has 0 bridgehead atoms. The normalized spacial score (nSPS) is 21.3. The molecule has 1 aromatic rings. The number of piperazine rings is 1. The van der Waals surface area contributed by atoms with Gasteiger partial charge >= 0.3 is 6.18 Å². The fourth-order valence-corrected chi connectivity index (χ4v) is 3.97. The zero-order valence-electron chi connectivity index (χ0n) is 16.3. The molecular weight excluding hydrogens is 389 g/mol. The Bertz CT molecular complexity index is 764.